The first-order chi connectivity index (χ1) is 7.16. The Morgan fingerprint density at radius 1 is 1.53 bits per heavy atom. The molecule has 1 aromatic rings. The number of hydrogen-bond donors (Lipinski definition) is 1. The number of rotatable bonds is 2. The smallest absolute Gasteiger partial charge is 0.141 e. The summed E-state index contributed by atoms with van der Waals surface area (Å²) < 4.78 is 18.4. The van der Waals surface area contributed by atoms with Gasteiger partial charge in [0.05, 0.1) is 18.4 Å². The van der Waals surface area contributed by atoms with E-state index in [9.17, 15) is 9.50 Å². The molecule has 0 aromatic carbocycles. The van der Waals surface area contributed by atoms with Crippen molar-refractivity contribution in [2.24, 2.45) is 0 Å². The van der Waals surface area contributed by atoms with Gasteiger partial charge in [-0.3, -0.25) is 4.98 Å². The summed E-state index contributed by atoms with van der Waals surface area (Å²) in [6.07, 6.45) is 3.49. The van der Waals surface area contributed by atoms with Gasteiger partial charge in [0.15, 0.2) is 0 Å². The molecule has 0 aliphatic carbocycles. The lowest BCUT2D eigenvalue weighted by atomic mass is 10.0. The zero-order chi connectivity index (χ0) is 10.8. The van der Waals surface area contributed by atoms with Crippen LogP contribution < -0.4 is 0 Å². The summed E-state index contributed by atoms with van der Waals surface area (Å²) in [5, 5.41) is 9.93. The van der Waals surface area contributed by atoms with Gasteiger partial charge in [-0.15, -0.1) is 0 Å². The second kappa shape index (κ2) is 4.24. The Hall–Kier alpha value is -1.00. The third-order valence-corrected chi connectivity index (χ3v) is 2.68. The minimum atomic E-state index is -0.779. The molecule has 15 heavy (non-hydrogen) atoms. The number of nitrogens with zero attached hydrogens (tertiary/aromatic N) is 1. The largest absolute Gasteiger partial charge is 0.386 e. The topological polar surface area (TPSA) is 42.4 Å². The zero-order valence-electron chi connectivity index (χ0n) is 8.56. The highest BCUT2D eigenvalue weighted by atomic mass is 19.1. The molecule has 1 aromatic heterocycles. The summed E-state index contributed by atoms with van der Waals surface area (Å²) in [4.78, 5) is 3.71. The Bertz CT molecular complexity index is 345. The number of halogens is 1. The molecule has 0 spiro atoms. The van der Waals surface area contributed by atoms with E-state index >= 15 is 0 Å². The second-order valence-corrected chi connectivity index (χ2v) is 3.94. The predicted molar refractivity (Wildman–Crippen MR) is 52.7 cm³/mol. The van der Waals surface area contributed by atoms with E-state index in [1.165, 1.54) is 12.3 Å². The Morgan fingerprint density at radius 3 is 2.93 bits per heavy atom. The molecule has 3 unspecified atom stereocenters. The van der Waals surface area contributed by atoms with Crippen LogP contribution in [-0.2, 0) is 4.74 Å². The van der Waals surface area contributed by atoms with Crippen molar-refractivity contribution in [2.45, 2.75) is 38.1 Å². The maximum atomic E-state index is 12.9. The predicted octanol–water partition coefficient (Wildman–Crippen LogP) is 1.82. The zero-order valence-corrected chi connectivity index (χ0v) is 8.56. The molecule has 0 saturated carbocycles. The standard InChI is InChI=1S/C11H14FNO2/c1-7-2-3-10(15-7)11(14)8-4-9(12)6-13-5-8/h4-7,10-11,14H,2-3H2,1H3. The Labute approximate surface area is 87.9 Å². The minimum absolute atomic E-state index is 0.172. The van der Waals surface area contributed by atoms with Crippen molar-refractivity contribution < 1.29 is 14.2 Å². The molecule has 1 aliphatic heterocycles. The molecule has 4 heteroatoms. The molecule has 0 bridgehead atoms. The van der Waals surface area contributed by atoms with Crippen LogP contribution in [0.5, 0.6) is 0 Å². The lowest BCUT2D eigenvalue weighted by Gasteiger charge is -2.18. The van der Waals surface area contributed by atoms with Gasteiger partial charge in [-0.25, -0.2) is 4.39 Å². The number of aromatic nitrogens is 1. The molecule has 0 amide bonds. The molecular formula is C11H14FNO2. The van der Waals surface area contributed by atoms with Crippen molar-refractivity contribution in [3.63, 3.8) is 0 Å². The highest BCUT2D eigenvalue weighted by molar-refractivity contribution is 5.14. The Balaban J connectivity index is 2.10. The van der Waals surface area contributed by atoms with Crippen LogP contribution >= 0.6 is 0 Å². The highest BCUT2D eigenvalue weighted by Crippen LogP contribution is 2.29. The third kappa shape index (κ3) is 2.33. The van der Waals surface area contributed by atoms with Gasteiger partial charge in [0.25, 0.3) is 0 Å². The number of hydrogen-bond acceptors (Lipinski definition) is 3. The molecule has 2 rings (SSSR count). The first kappa shape index (κ1) is 10.5. The van der Waals surface area contributed by atoms with Crippen LogP contribution in [0.1, 0.15) is 31.4 Å². The molecule has 0 radical (unpaired) electrons. The van der Waals surface area contributed by atoms with E-state index in [0.717, 1.165) is 19.0 Å². The average Bonchev–Trinajstić information content (AvgIpc) is 2.64. The van der Waals surface area contributed by atoms with Crippen LogP contribution in [0.2, 0.25) is 0 Å². The lowest BCUT2D eigenvalue weighted by molar-refractivity contribution is -0.0299. The SMILES string of the molecule is CC1CCC(C(O)c2cncc(F)c2)O1. The molecule has 1 saturated heterocycles. The van der Waals surface area contributed by atoms with E-state index in [0.29, 0.717) is 5.56 Å². The Morgan fingerprint density at radius 2 is 2.33 bits per heavy atom. The Kier molecular flexibility index (Phi) is 2.98. The van der Waals surface area contributed by atoms with Crippen molar-refractivity contribution in [3.05, 3.63) is 29.8 Å². The van der Waals surface area contributed by atoms with E-state index in [1.54, 1.807) is 0 Å². The maximum absolute atomic E-state index is 12.9. The van der Waals surface area contributed by atoms with E-state index in [4.69, 9.17) is 4.74 Å². The van der Waals surface area contributed by atoms with Crippen LogP contribution in [0.3, 0.4) is 0 Å². The van der Waals surface area contributed by atoms with Crippen LogP contribution in [0.4, 0.5) is 4.39 Å². The van der Waals surface area contributed by atoms with Gasteiger partial charge in [-0.05, 0) is 25.8 Å². The highest BCUT2D eigenvalue weighted by Gasteiger charge is 2.29. The van der Waals surface area contributed by atoms with E-state index in [1.807, 2.05) is 6.92 Å². The van der Waals surface area contributed by atoms with Gasteiger partial charge in [-0.2, -0.15) is 0 Å². The third-order valence-electron chi connectivity index (χ3n) is 2.68. The van der Waals surface area contributed by atoms with Gasteiger partial charge < -0.3 is 9.84 Å². The summed E-state index contributed by atoms with van der Waals surface area (Å²) in [5.74, 6) is -0.433. The van der Waals surface area contributed by atoms with Crippen molar-refractivity contribution in [1.82, 2.24) is 4.98 Å². The van der Waals surface area contributed by atoms with Gasteiger partial charge in [0.2, 0.25) is 0 Å². The van der Waals surface area contributed by atoms with Crippen LogP contribution in [0, 0.1) is 5.82 Å². The van der Waals surface area contributed by atoms with Gasteiger partial charge in [-0.1, -0.05) is 0 Å². The normalized spacial score (nSPS) is 27.9. The molecule has 82 valence electrons. The number of pyridine rings is 1. The minimum Gasteiger partial charge on any atom is -0.386 e. The molecule has 3 atom stereocenters. The maximum Gasteiger partial charge on any atom is 0.141 e. The molecule has 1 aliphatic rings. The fourth-order valence-corrected chi connectivity index (χ4v) is 1.87. The monoisotopic (exact) mass is 211 g/mol. The van der Waals surface area contributed by atoms with Gasteiger partial charge >= 0.3 is 0 Å². The van der Waals surface area contributed by atoms with Crippen molar-refractivity contribution in [2.75, 3.05) is 0 Å². The first-order valence-corrected chi connectivity index (χ1v) is 5.11. The molecule has 3 nitrogen and oxygen atoms in total. The van der Waals surface area contributed by atoms with Gasteiger partial charge in [0.1, 0.15) is 11.9 Å². The number of ether oxygens (including phenoxy) is 1. The summed E-state index contributed by atoms with van der Waals surface area (Å²) in [5.41, 5.74) is 0.481. The average molecular weight is 211 g/mol. The van der Waals surface area contributed by atoms with Crippen molar-refractivity contribution >= 4 is 0 Å². The quantitative estimate of drug-likeness (QED) is 0.811. The number of aliphatic hydroxyl groups is 1. The lowest BCUT2D eigenvalue weighted by Crippen LogP contribution is -2.18. The van der Waals surface area contributed by atoms with Crippen molar-refractivity contribution in [3.8, 4) is 0 Å². The van der Waals surface area contributed by atoms with Crippen LogP contribution in [0.25, 0.3) is 0 Å². The molecular weight excluding hydrogens is 197 g/mol. The molecule has 1 N–H and O–H groups in total. The summed E-state index contributed by atoms with van der Waals surface area (Å²) >= 11 is 0. The summed E-state index contributed by atoms with van der Waals surface area (Å²) in [6.45, 7) is 1.97. The van der Waals surface area contributed by atoms with Gasteiger partial charge in [0, 0.05) is 11.8 Å². The number of aliphatic hydroxyl groups excluding tert-OH is 1. The summed E-state index contributed by atoms with van der Waals surface area (Å²) in [6, 6.07) is 1.30. The van der Waals surface area contributed by atoms with E-state index in [-0.39, 0.29) is 12.2 Å². The van der Waals surface area contributed by atoms with Crippen molar-refractivity contribution in [1.29, 1.82) is 0 Å². The first-order valence-electron chi connectivity index (χ1n) is 5.11. The van der Waals surface area contributed by atoms with E-state index < -0.39 is 11.9 Å². The summed E-state index contributed by atoms with van der Waals surface area (Å²) in [7, 11) is 0. The second-order valence-electron chi connectivity index (χ2n) is 3.94. The molecule has 1 fully saturated rings. The fourth-order valence-electron chi connectivity index (χ4n) is 1.87. The fraction of sp³-hybridized carbons (Fsp3) is 0.545. The van der Waals surface area contributed by atoms with E-state index in [2.05, 4.69) is 4.98 Å². The molecule has 2 heterocycles. The van der Waals surface area contributed by atoms with Crippen LogP contribution in [0.15, 0.2) is 18.5 Å². The van der Waals surface area contributed by atoms with Crippen LogP contribution in [-0.4, -0.2) is 22.3 Å².